The van der Waals surface area contributed by atoms with Gasteiger partial charge in [0.25, 0.3) is 0 Å². The van der Waals surface area contributed by atoms with Gasteiger partial charge < -0.3 is 25.0 Å². The van der Waals surface area contributed by atoms with E-state index in [1.165, 1.54) is 0 Å². The van der Waals surface area contributed by atoms with Crippen molar-refractivity contribution < 1.29 is 14.2 Å². The van der Waals surface area contributed by atoms with Crippen LogP contribution >= 0.6 is 0 Å². The normalized spacial score (nSPS) is 14.6. The van der Waals surface area contributed by atoms with Crippen LogP contribution in [0.15, 0.2) is 30.3 Å². The molecule has 4 heterocycles. The Morgan fingerprint density at radius 1 is 1.06 bits per heavy atom. The van der Waals surface area contributed by atoms with Crippen LogP contribution in [0.3, 0.4) is 0 Å². The average Bonchev–Trinajstić information content (AvgIpc) is 3.41. The zero-order valence-electron chi connectivity index (χ0n) is 19.1. The molecule has 1 fully saturated rings. The lowest BCUT2D eigenvalue weighted by molar-refractivity contribution is 0.188. The molecule has 1 saturated heterocycles. The van der Waals surface area contributed by atoms with Gasteiger partial charge in [-0.3, -0.25) is 10.00 Å². The minimum absolute atomic E-state index is 0.0375. The number of ether oxygens (including phenoxy) is 1. The number of halogens is 1. The van der Waals surface area contributed by atoms with Crippen molar-refractivity contribution in [3.63, 3.8) is 0 Å². The standard InChI is InChI=1S/C23H27FN8O2/c1-14-11-16-17(25-14)3-4-18(22(16)24)34-23-27-19(26-20-12-15(2)29-30-20)13-21(28-23)32-7-5-31(6-8-32)9-10-33/h3-4,11-13,25,33H,5-10H2,1-2H3,(H2,26,27,28,29,30). The number of aryl methyl sites for hydroxylation is 2. The summed E-state index contributed by atoms with van der Waals surface area (Å²) in [7, 11) is 0. The maximum Gasteiger partial charge on any atom is 0.326 e. The highest BCUT2D eigenvalue weighted by molar-refractivity contribution is 5.82. The van der Waals surface area contributed by atoms with Gasteiger partial charge in [-0.1, -0.05) is 0 Å². The number of anilines is 3. The van der Waals surface area contributed by atoms with Crippen LogP contribution in [0.5, 0.6) is 11.8 Å². The van der Waals surface area contributed by atoms with E-state index in [2.05, 4.69) is 40.3 Å². The zero-order chi connectivity index (χ0) is 23.7. The van der Waals surface area contributed by atoms with Crippen LogP contribution in [0.4, 0.5) is 21.8 Å². The summed E-state index contributed by atoms with van der Waals surface area (Å²) in [6.45, 7) is 7.66. The summed E-state index contributed by atoms with van der Waals surface area (Å²) in [5, 5.41) is 19.9. The fraction of sp³-hybridized carbons (Fsp3) is 0.348. The third-order valence-corrected chi connectivity index (χ3v) is 5.80. The maximum atomic E-state index is 15.1. The molecule has 34 heavy (non-hydrogen) atoms. The first-order chi connectivity index (χ1) is 16.5. The summed E-state index contributed by atoms with van der Waals surface area (Å²) in [5.74, 6) is 1.35. The number of hydrogen-bond acceptors (Lipinski definition) is 8. The fourth-order valence-corrected chi connectivity index (χ4v) is 4.11. The lowest BCUT2D eigenvalue weighted by Crippen LogP contribution is -2.47. The van der Waals surface area contributed by atoms with E-state index >= 15 is 4.39 Å². The molecule has 3 aromatic heterocycles. The first-order valence-corrected chi connectivity index (χ1v) is 11.2. The number of aromatic nitrogens is 5. The van der Waals surface area contributed by atoms with E-state index in [9.17, 15) is 5.11 Å². The quantitative estimate of drug-likeness (QED) is 0.328. The van der Waals surface area contributed by atoms with Crippen LogP contribution < -0.4 is 15.0 Å². The topological polar surface area (TPSA) is 118 Å². The number of piperazine rings is 1. The van der Waals surface area contributed by atoms with Gasteiger partial charge in [0.15, 0.2) is 17.4 Å². The van der Waals surface area contributed by atoms with E-state index in [-0.39, 0.29) is 18.4 Å². The van der Waals surface area contributed by atoms with E-state index in [1.807, 2.05) is 26.0 Å². The molecular formula is C23H27FN8O2. The van der Waals surface area contributed by atoms with E-state index in [4.69, 9.17) is 4.74 Å². The predicted octanol–water partition coefficient (Wildman–Crippen LogP) is 3.09. The van der Waals surface area contributed by atoms with Crippen LogP contribution in [0.2, 0.25) is 0 Å². The van der Waals surface area contributed by atoms with Gasteiger partial charge in [-0.15, -0.1) is 0 Å². The first kappa shape index (κ1) is 22.1. The van der Waals surface area contributed by atoms with Crippen molar-refractivity contribution in [3.8, 4) is 11.8 Å². The highest BCUT2D eigenvalue weighted by Gasteiger charge is 2.21. The Kier molecular flexibility index (Phi) is 6.03. The summed E-state index contributed by atoms with van der Waals surface area (Å²) in [6, 6.07) is 8.81. The minimum atomic E-state index is -0.467. The molecule has 1 aromatic carbocycles. The molecule has 0 atom stereocenters. The van der Waals surface area contributed by atoms with Gasteiger partial charge in [-0.2, -0.15) is 15.1 Å². The number of aliphatic hydroxyl groups is 1. The lowest BCUT2D eigenvalue weighted by atomic mass is 10.2. The maximum absolute atomic E-state index is 15.1. The monoisotopic (exact) mass is 466 g/mol. The summed E-state index contributed by atoms with van der Waals surface area (Å²) in [6.07, 6.45) is 0. The Morgan fingerprint density at radius 3 is 2.62 bits per heavy atom. The number of fused-ring (bicyclic) bond motifs is 1. The highest BCUT2D eigenvalue weighted by atomic mass is 19.1. The molecule has 4 N–H and O–H groups in total. The average molecular weight is 467 g/mol. The summed E-state index contributed by atoms with van der Waals surface area (Å²) < 4.78 is 21.0. The summed E-state index contributed by atoms with van der Waals surface area (Å²) in [5.41, 5.74) is 2.48. The van der Waals surface area contributed by atoms with Crippen LogP contribution in [0.25, 0.3) is 10.9 Å². The second-order valence-corrected chi connectivity index (χ2v) is 8.40. The smallest absolute Gasteiger partial charge is 0.326 e. The van der Waals surface area contributed by atoms with E-state index in [1.54, 1.807) is 18.2 Å². The van der Waals surface area contributed by atoms with Crippen molar-refractivity contribution in [2.45, 2.75) is 13.8 Å². The summed E-state index contributed by atoms with van der Waals surface area (Å²) in [4.78, 5) is 16.5. The number of benzene rings is 1. The Hall–Kier alpha value is -3.70. The second-order valence-electron chi connectivity index (χ2n) is 8.40. The molecule has 0 radical (unpaired) electrons. The number of β-amino-alcohol motifs (C(OH)–C–C–N with tert-alkyl or cyclic N) is 1. The fourth-order valence-electron chi connectivity index (χ4n) is 4.11. The van der Waals surface area contributed by atoms with Crippen molar-refractivity contribution in [1.29, 1.82) is 0 Å². The van der Waals surface area contributed by atoms with Crippen LogP contribution in [0, 0.1) is 19.7 Å². The Labute approximate surface area is 195 Å². The van der Waals surface area contributed by atoms with Crippen molar-refractivity contribution in [2.24, 2.45) is 0 Å². The number of H-pyrrole nitrogens is 2. The third kappa shape index (κ3) is 4.66. The first-order valence-electron chi connectivity index (χ1n) is 11.2. The van der Waals surface area contributed by atoms with Gasteiger partial charge in [-0.25, -0.2) is 4.39 Å². The number of hydrogen-bond donors (Lipinski definition) is 4. The molecule has 5 rings (SSSR count). The van der Waals surface area contributed by atoms with Crippen LogP contribution in [0.1, 0.15) is 11.4 Å². The molecule has 11 heteroatoms. The van der Waals surface area contributed by atoms with Gasteiger partial charge in [-0.05, 0) is 32.0 Å². The number of aromatic amines is 2. The number of nitrogens with one attached hydrogen (secondary N) is 3. The van der Waals surface area contributed by atoms with Gasteiger partial charge in [0.2, 0.25) is 0 Å². The van der Waals surface area contributed by atoms with E-state index < -0.39 is 5.82 Å². The molecule has 1 aliphatic rings. The van der Waals surface area contributed by atoms with E-state index in [0.717, 1.165) is 37.6 Å². The molecule has 0 aliphatic carbocycles. The van der Waals surface area contributed by atoms with Gasteiger partial charge >= 0.3 is 6.01 Å². The number of aliphatic hydroxyl groups excluding tert-OH is 1. The Morgan fingerprint density at radius 2 is 1.88 bits per heavy atom. The zero-order valence-corrected chi connectivity index (χ0v) is 19.1. The highest BCUT2D eigenvalue weighted by Crippen LogP contribution is 2.31. The molecule has 10 nitrogen and oxygen atoms in total. The van der Waals surface area contributed by atoms with Gasteiger partial charge in [0.05, 0.1) is 6.61 Å². The largest absolute Gasteiger partial charge is 0.421 e. The van der Waals surface area contributed by atoms with Crippen molar-refractivity contribution in [2.75, 3.05) is 49.5 Å². The molecule has 4 aromatic rings. The SMILES string of the molecule is Cc1cc(Nc2cc(N3CCN(CCO)CC3)nc(Oc3ccc4[nH]c(C)cc4c3F)n2)n[nH]1. The van der Waals surface area contributed by atoms with E-state index in [0.29, 0.717) is 34.9 Å². The predicted molar refractivity (Wildman–Crippen MR) is 127 cm³/mol. The summed E-state index contributed by atoms with van der Waals surface area (Å²) >= 11 is 0. The number of nitrogens with zero attached hydrogens (tertiary/aromatic N) is 5. The molecule has 0 amide bonds. The molecule has 178 valence electrons. The van der Waals surface area contributed by atoms with Gasteiger partial charge in [0, 0.05) is 67.1 Å². The van der Waals surface area contributed by atoms with Crippen molar-refractivity contribution in [1.82, 2.24) is 30.0 Å². The van der Waals surface area contributed by atoms with Crippen molar-refractivity contribution >= 4 is 28.4 Å². The molecule has 0 unspecified atom stereocenters. The lowest BCUT2D eigenvalue weighted by Gasteiger charge is -2.35. The Bertz CT molecular complexity index is 1300. The van der Waals surface area contributed by atoms with Crippen LogP contribution in [-0.4, -0.2) is 74.5 Å². The second kappa shape index (κ2) is 9.27. The molecule has 0 saturated carbocycles. The molecule has 0 bridgehead atoms. The third-order valence-electron chi connectivity index (χ3n) is 5.80. The van der Waals surface area contributed by atoms with Gasteiger partial charge in [0.1, 0.15) is 11.6 Å². The minimum Gasteiger partial charge on any atom is -0.421 e. The molecular weight excluding hydrogens is 439 g/mol. The van der Waals surface area contributed by atoms with Crippen LogP contribution in [-0.2, 0) is 0 Å². The molecule has 1 aliphatic heterocycles. The Balaban J connectivity index is 1.45. The van der Waals surface area contributed by atoms with Crippen molar-refractivity contribution in [3.05, 3.63) is 47.5 Å². The molecule has 0 spiro atoms. The number of rotatable bonds is 7.